The van der Waals surface area contributed by atoms with E-state index in [1.165, 1.54) is 0 Å². The number of hydrogen-bond donors (Lipinski definition) is 2. The molecule has 3 amide bonds. The molecule has 0 saturated carbocycles. The fourth-order valence-corrected chi connectivity index (χ4v) is 4.20. The molecule has 33 heavy (non-hydrogen) atoms. The molecule has 0 aliphatic carbocycles. The number of anilines is 1. The van der Waals surface area contributed by atoms with Gasteiger partial charge in [0.15, 0.2) is 0 Å². The molecule has 2 atom stereocenters. The molecule has 0 aromatic heterocycles. The van der Waals surface area contributed by atoms with Gasteiger partial charge in [-0.15, -0.1) is 0 Å². The minimum Gasteiger partial charge on any atom is -0.352 e. The lowest BCUT2D eigenvalue weighted by atomic mass is 9.96. The van der Waals surface area contributed by atoms with E-state index >= 15 is 0 Å². The highest BCUT2D eigenvalue weighted by atomic mass is 16.2. The van der Waals surface area contributed by atoms with Crippen LogP contribution in [-0.2, 0) is 16.1 Å². The molecule has 6 heteroatoms. The molecule has 6 nitrogen and oxygen atoms in total. The van der Waals surface area contributed by atoms with Gasteiger partial charge in [-0.3, -0.25) is 14.4 Å². The average Bonchev–Trinajstić information content (AvgIpc) is 2.81. The Kier molecular flexibility index (Phi) is 8.26. The number of carbonyl (C=O) groups excluding carboxylic acids is 3. The Morgan fingerprint density at radius 2 is 1.82 bits per heavy atom. The van der Waals surface area contributed by atoms with Gasteiger partial charge in [-0.05, 0) is 62.9 Å². The maximum Gasteiger partial charge on any atom is 0.253 e. The van der Waals surface area contributed by atoms with Gasteiger partial charge in [0.05, 0.1) is 5.92 Å². The van der Waals surface area contributed by atoms with Crippen LogP contribution in [0.3, 0.4) is 0 Å². The molecule has 2 aromatic carbocycles. The van der Waals surface area contributed by atoms with Crippen molar-refractivity contribution in [2.75, 3.05) is 18.4 Å². The number of benzene rings is 2. The van der Waals surface area contributed by atoms with E-state index in [0.29, 0.717) is 25.2 Å². The molecule has 0 bridgehead atoms. The lowest BCUT2D eigenvalue weighted by molar-refractivity contribution is -0.126. The molecule has 1 aliphatic heterocycles. The molecular weight excluding hydrogens is 414 g/mol. The van der Waals surface area contributed by atoms with E-state index in [1.54, 1.807) is 4.90 Å². The second kappa shape index (κ2) is 11.1. The number of aryl methyl sites for hydroxylation is 2. The van der Waals surface area contributed by atoms with E-state index < -0.39 is 0 Å². The number of carbonyl (C=O) groups is 3. The molecule has 2 unspecified atom stereocenters. The molecule has 1 fully saturated rings. The van der Waals surface area contributed by atoms with E-state index in [2.05, 4.69) is 10.6 Å². The van der Waals surface area contributed by atoms with Crippen LogP contribution in [0, 0.1) is 25.7 Å². The van der Waals surface area contributed by atoms with E-state index in [-0.39, 0.29) is 29.6 Å². The normalized spacial score (nSPS) is 16.7. The number of hydrogen-bond acceptors (Lipinski definition) is 3. The minimum atomic E-state index is -0.220. The standard InChI is InChI=1S/C27H35N3O3/c1-5-20(4)25(31)29-24-10-6-8-21(15-24)16-28-26(32)22-9-7-11-30(17-22)27(33)23-13-18(2)12-19(3)14-23/h6,8,10,12-15,20,22H,5,7,9,11,16-17H2,1-4H3,(H,28,32)(H,29,31). The van der Waals surface area contributed by atoms with Crippen LogP contribution in [0.2, 0.25) is 0 Å². The van der Waals surface area contributed by atoms with Crippen molar-refractivity contribution >= 4 is 23.4 Å². The van der Waals surface area contributed by atoms with Crippen LogP contribution in [0.15, 0.2) is 42.5 Å². The minimum absolute atomic E-state index is 0.00514. The summed E-state index contributed by atoms with van der Waals surface area (Å²) in [5, 5.41) is 5.94. The summed E-state index contributed by atoms with van der Waals surface area (Å²) in [6, 6.07) is 13.4. The molecule has 1 aliphatic rings. The number of nitrogens with zero attached hydrogens (tertiary/aromatic N) is 1. The van der Waals surface area contributed by atoms with Gasteiger partial charge in [0.1, 0.15) is 0 Å². The lowest BCUT2D eigenvalue weighted by Crippen LogP contribution is -2.45. The van der Waals surface area contributed by atoms with Crippen LogP contribution < -0.4 is 10.6 Å². The molecule has 176 valence electrons. The van der Waals surface area contributed by atoms with Gasteiger partial charge < -0.3 is 15.5 Å². The zero-order valence-electron chi connectivity index (χ0n) is 20.1. The van der Waals surface area contributed by atoms with Gasteiger partial charge in [0.2, 0.25) is 11.8 Å². The Bertz CT molecular complexity index is 997. The largest absolute Gasteiger partial charge is 0.352 e. The summed E-state index contributed by atoms with van der Waals surface area (Å²) in [4.78, 5) is 39.8. The summed E-state index contributed by atoms with van der Waals surface area (Å²) in [6.07, 6.45) is 2.37. The van der Waals surface area contributed by atoms with Crippen LogP contribution in [0.1, 0.15) is 60.2 Å². The molecule has 0 spiro atoms. The lowest BCUT2D eigenvalue weighted by Gasteiger charge is -2.32. The first-order valence-corrected chi connectivity index (χ1v) is 11.8. The zero-order valence-corrected chi connectivity index (χ0v) is 20.1. The van der Waals surface area contributed by atoms with E-state index in [4.69, 9.17) is 0 Å². The van der Waals surface area contributed by atoms with Gasteiger partial charge in [-0.2, -0.15) is 0 Å². The molecule has 0 radical (unpaired) electrons. The molecular formula is C27H35N3O3. The average molecular weight is 450 g/mol. The molecule has 2 N–H and O–H groups in total. The predicted octanol–water partition coefficient (Wildman–Crippen LogP) is 4.46. The Hall–Kier alpha value is -3.15. The topological polar surface area (TPSA) is 78.5 Å². The second-order valence-electron chi connectivity index (χ2n) is 9.18. The summed E-state index contributed by atoms with van der Waals surface area (Å²) in [7, 11) is 0. The van der Waals surface area contributed by atoms with Gasteiger partial charge in [0, 0.05) is 36.8 Å². The summed E-state index contributed by atoms with van der Waals surface area (Å²) in [6.45, 7) is 9.35. The Morgan fingerprint density at radius 3 is 2.52 bits per heavy atom. The monoisotopic (exact) mass is 449 g/mol. The summed E-state index contributed by atoms with van der Waals surface area (Å²) < 4.78 is 0. The first-order valence-electron chi connectivity index (χ1n) is 11.8. The van der Waals surface area contributed by atoms with E-state index in [9.17, 15) is 14.4 Å². The highest BCUT2D eigenvalue weighted by molar-refractivity contribution is 5.95. The SMILES string of the molecule is CCC(C)C(=O)Nc1cccc(CNC(=O)C2CCCN(C(=O)c3cc(C)cc(C)c3)C2)c1. The zero-order chi connectivity index (χ0) is 24.0. The van der Waals surface area contributed by atoms with Gasteiger partial charge in [-0.1, -0.05) is 43.2 Å². The van der Waals surface area contributed by atoms with Crippen LogP contribution >= 0.6 is 0 Å². The third-order valence-corrected chi connectivity index (χ3v) is 6.27. The highest BCUT2D eigenvalue weighted by Crippen LogP contribution is 2.21. The van der Waals surface area contributed by atoms with E-state index in [0.717, 1.165) is 41.6 Å². The van der Waals surface area contributed by atoms with Crippen molar-refractivity contribution in [3.63, 3.8) is 0 Å². The van der Waals surface area contributed by atoms with Gasteiger partial charge in [-0.25, -0.2) is 0 Å². The Balaban J connectivity index is 1.57. The third kappa shape index (κ3) is 6.67. The Labute approximate surface area is 196 Å². The first-order chi connectivity index (χ1) is 15.8. The molecule has 3 rings (SSSR count). The number of likely N-dealkylation sites (tertiary alicyclic amines) is 1. The van der Waals surface area contributed by atoms with Crippen LogP contribution in [0.5, 0.6) is 0 Å². The molecule has 1 saturated heterocycles. The van der Waals surface area contributed by atoms with Crippen LogP contribution in [0.25, 0.3) is 0 Å². The molecule has 1 heterocycles. The summed E-state index contributed by atoms with van der Waals surface area (Å²) in [5.41, 5.74) is 4.46. The van der Waals surface area contributed by atoms with Crippen molar-refractivity contribution in [1.82, 2.24) is 10.2 Å². The van der Waals surface area contributed by atoms with Gasteiger partial charge in [0.25, 0.3) is 5.91 Å². The van der Waals surface area contributed by atoms with E-state index in [1.807, 2.05) is 70.2 Å². The van der Waals surface area contributed by atoms with Crippen molar-refractivity contribution in [1.29, 1.82) is 0 Å². The van der Waals surface area contributed by atoms with Crippen molar-refractivity contribution in [3.8, 4) is 0 Å². The molecule has 2 aromatic rings. The maximum absolute atomic E-state index is 13.0. The smallest absolute Gasteiger partial charge is 0.253 e. The van der Waals surface area contributed by atoms with Crippen LogP contribution in [0.4, 0.5) is 5.69 Å². The fourth-order valence-electron chi connectivity index (χ4n) is 4.20. The van der Waals surface area contributed by atoms with Crippen molar-refractivity contribution in [2.24, 2.45) is 11.8 Å². The van der Waals surface area contributed by atoms with Crippen molar-refractivity contribution in [2.45, 2.75) is 53.5 Å². The number of rotatable bonds is 7. The van der Waals surface area contributed by atoms with Crippen LogP contribution in [-0.4, -0.2) is 35.7 Å². The number of nitrogens with one attached hydrogen (secondary N) is 2. The third-order valence-electron chi connectivity index (χ3n) is 6.27. The Morgan fingerprint density at radius 1 is 1.09 bits per heavy atom. The summed E-state index contributed by atoms with van der Waals surface area (Å²) >= 11 is 0. The second-order valence-corrected chi connectivity index (χ2v) is 9.18. The van der Waals surface area contributed by atoms with Gasteiger partial charge >= 0.3 is 0 Å². The fraction of sp³-hybridized carbons (Fsp3) is 0.444. The van der Waals surface area contributed by atoms with Crippen molar-refractivity contribution < 1.29 is 14.4 Å². The first kappa shape index (κ1) is 24.5. The summed E-state index contributed by atoms with van der Waals surface area (Å²) in [5.74, 6) is -0.323. The number of piperidine rings is 1. The number of amides is 3. The maximum atomic E-state index is 13.0. The highest BCUT2D eigenvalue weighted by Gasteiger charge is 2.29. The predicted molar refractivity (Wildman–Crippen MR) is 131 cm³/mol. The van der Waals surface area contributed by atoms with Crippen molar-refractivity contribution in [3.05, 3.63) is 64.7 Å². The quantitative estimate of drug-likeness (QED) is 0.655.